The Balaban J connectivity index is 2.64. The standard InChI is InChI=1S/C14H19NO3/c1-9(2)11-4-6-12(7-5-11)14(18)15-10(3)8-13(16)17/h4-7,9-10H,8H2,1-3H3,(H,15,18)(H,16,17). The molecular formula is C14H19NO3. The average Bonchev–Trinajstić information content (AvgIpc) is 2.27. The lowest BCUT2D eigenvalue weighted by Crippen LogP contribution is -2.34. The number of carbonyl (C=O) groups excluding carboxylic acids is 1. The summed E-state index contributed by atoms with van der Waals surface area (Å²) in [5.74, 6) is -0.731. The van der Waals surface area contributed by atoms with Crippen LogP contribution in [0.1, 0.15) is 49.0 Å². The van der Waals surface area contributed by atoms with Crippen LogP contribution >= 0.6 is 0 Å². The van der Waals surface area contributed by atoms with E-state index in [0.29, 0.717) is 11.5 Å². The third-order valence-corrected chi connectivity index (χ3v) is 2.70. The molecule has 0 aromatic heterocycles. The molecule has 1 rings (SSSR count). The minimum Gasteiger partial charge on any atom is -0.481 e. The van der Waals surface area contributed by atoms with Gasteiger partial charge in [0.15, 0.2) is 0 Å². The lowest BCUT2D eigenvalue weighted by atomic mass is 10.0. The van der Waals surface area contributed by atoms with Crippen LogP contribution in [0.5, 0.6) is 0 Å². The van der Waals surface area contributed by atoms with Crippen molar-refractivity contribution in [3.63, 3.8) is 0 Å². The SMILES string of the molecule is CC(CC(=O)O)NC(=O)c1ccc(C(C)C)cc1. The number of hydrogen-bond donors (Lipinski definition) is 2. The highest BCUT2D eigenvalue weighted by molar-refractivity contribution is 5.94. The van der Waals surface area contributed by atoms with Crippen molar-refractivity contribution in [1.82, 2.24) is 5.32 Å². The zero-order valence-corrected chi connectivity index (χ0v) is 10.9. The summed E-state index contributed by atoms with van der Waals surface area (Å²) in [7, 11) is 0. The van der Waals surface area contributed by atoms with Crippen LogP contribution in [0, 0.1) is 0 Å². The first-order valence-corrected chi connectivity index (χ1v) is 6.02. The molecular weight excluding hydrogens is 230 g/mol. The second-order valence-electron chi connectivity index (χ2n) is 4.75. The van der Waals surface area contributed by atoms with Crippen LogP contribution in [0.2, 0.25) is 0 Å². The molecule has 2 N–H and O–H groups in total. The Morgan fingerprint density at radius 3 is 2.17 bits per heavy atom. The van der Waals surface area contributed by atoms with Gasteiger partial charge in [0.05, 0.1) is 6.42 Å². The van der Waals surface area contributed by atoms with Crippen molar-refractivity contribution in [2.24, 2.45) is 0 Å². The number of rotatable bonds is 5. The number of aliphatic carboxylic acids is 1. The Hall–Kier alpha value is -1.84. The molecule has 18 heavy (non-hydrogen) atoms. The molecule has 0 aliphatic heterocycles. The molecule has 1 aromatic carbocycles. The van der Waals surface area contributed by atoms with E-state index in [2.05, 4.69) is 19.2 Å². The zero-order chi connectivity index (χ0) is 13.7. The molecule has 0 spiro atoms. The number of carbonyl (C=O) groups is 2. The maximum Gasteiger partial charge on any atom is 0.305 e. The van der Waals surface area contributed by atoms with Crippen LogP contribution < -0.4 is 5.32 Å². The summed E-state index contributed by atoms with van der Waals surface area (Å²) in [5.41, 5.74) is 1.72. The van der Waals surface area contributed by atoms with Gasteiger partial charge >= 0.3 is 5.97 Å². The Kier molecular flexibility index (Phi) is 4.89. The predicted molar refractivity (Wildman–Crippen MR) is 69.7 cm³/mol. The van der Waals surface area contributed by atoms with Crippen molar-refractivity contribution in [3.8, 4) is 0 Å². The second-order valence-corrected chi connectivity index (χ2v) is 4.75. The van der Waals surface area contributed by atoms with E-state index in [-0.39, 0.29) is 18.4 Å². The van der Waals surface area contributed by atoms with Gasteiger partial charge in [0.1, 0.15) is 0 Å². The quantitative estimate of drug-likeness (QED) is 0.842. The van der Waals surface area contributed by atoms with E-state index in [0.717, 1.165) is 0 Å². The molecule has 4 nitrogen and oxygen atoms in total. The van der Waals surface area contributed by atoms with E-state index in [1.54, 1.807) is 19.1 Å². The van der Waals surface area contributed by atoms with E-state index >= 15 is 0 Å². The minimum atomic E-state index is -0.919. The largest absolute Gasteiger partial charge is 0.481 e. The zero-order valence-electron chi connectivity index (χ0n) is 10.9. The molecule has 0 fully saturated rings. The molecule has 0 aliphatic rings. The molecule has 0 saturated carbocycles. The Bertz CT molecular complexity index is 423. The van der Waals surface area contributed by atoms with Gasteiger partial charge < -0.3 is 10.4 Å². The van der Waals surface area contributed by atoms with Crippen LogP contribution in [-0.2, 0) is 4.79 Å². The van der Waals surface area contributed by atoms with Crippen molar-refractivity contribution in [3.05, 3.63) is 35.4 Å². The normalized spacial score (nSPS) is 12.2. The fourth-order valence-corrected chi connectivity index (χ4v) is 1.64. The van der Waals surface area contributed by atoms with E-state index in [4.69, 9.17) is 5.11 Å². The van der Waals surface area contributed by atoms with Crippen LogP contribution in [0.4, 0.5) is 0 Å². The Labute approximate surface area is 107 Å². The molecule has 1 atom stereocenters. The highest BCUT2D eigenvalue weighted by Gasteiger charge is 2.12. The molecule has 4 heteroatoms. The smallest absolute Gasteiger partial charge is 0.305 e. The van der Waals surface area contributed by atoms with Gasteiger partial charge in [0.25, 0.3) is 5.91 Å². The maximum absolute atomic E-state index is 11.8. The summed E-state index contributed by atoms with van der Waals surface area (Å²) in [4.78, 5) is 22.3. The van der Waals surface area contributed by atoms with Gasteiger partial charge in [0, 0.05) is 11.6 Å². The molecule has 1 unspecified atom stereocenters. The highest BCUT2D eigenvalue weighted by atomic mass is 16.4. The first-order valence-electron chi connectivity index (χ1n) is 6.02. The third-order valence-electron chi connectivity index (χ3n) is 2.70. The fraction of sp³-hybridized carbons (Fsp3) is 0.429. The van der Waals surface area contributed by atoms with Gasteiger partial charge in [-0.2, -0.15) is 0 Å². The van der Waals surface area contributed by atoms with Crippen LogP contribution in [0.15, 0.2) is 24.3 Å². The van der Waals surface area contributed by atoms with Gasteiger partial charge in [0.2, 0.25) is 0 Å². The lowest BCUT2D eigenvalue weighted by molar-refractivity contribution is -0.137. The van der Waals surface area contributed by atoms with E-state index in [9.17, 15) is 9.59 Å². The molecule has 0 aliphatic carbocycles. The summed E-state index contributed by atoms with van der Waals surface area (Å²) in [5, 5.41) is 11.3. The number of carboxylic acids is 1. The first kappa shape index (κ1) is 14.2. The molecule has 0 radical (unpaired) electrons. The Morgan fingerprint density at radius 1 is 1.17 bits per heavy atom. The molecule has 98 valence electrons. The predicted octanol–water partition coefficient (Wildman–Crippen LogP) is 2.40. The van der Waals surface area contributed by atoms with Gasteiger partial charge in [-0.15, -0.1) is 0 Å². The second kappa shape index (κ2) is 6.19. The fourth-order valence-electron chi connectivity index (χ4n) is 1.64. The summed E-state index contributed by atoms with van der Waals surface area (Å²) < 4.78 is 0. The number of carboxylic acid groups (broad SMARTS) is 1. The summed E-state index contributed by atoms with van der Waals surface area (Å²) >= 11 is 0. The molecule has 0 saturated heterocycles. The summed E-state index contributed by atoms with van der Waals surface area (Å²) in [6, 6.07) is 6.99. The van der Waals surface area contributed by atoms with Gasteiger partial charge in [-0.25, -0.2) is 0 Å². The van der Waals surface area contributed by atoms with E-state index in [1.807, 2.05) is 12.1 Å². The third kappa shape index (κ3) is 4.20. The first-order chi connectivity index (χ1) is 8.40. The van der Waals surface area contributed by atoms with Gasteiger partial charge in [-0.1, -0.05) is 26.0 Å². The van der Waals surface area contributed by atoms with Crippen molar-refractivity contribution < 1.29 is 14.7 Å². The monoisotopic (exact) mass is 249 g/mol. The number of hydrogen-bond acceptors (Lipinski definition) is 2. The summed E-state index contributed by atoms with van der Waals surface area (Å²) in [6.45, 7) is 5.85. The van der Waals surface area contributed by atoms with Gasteiger partial charge in [-0.05, 0) is 30.5 Å². The van der Waals surface area contributed by atoms with Crippen LogP contribution in [-0.4, -0.2) is 23.0 Å². The minimum absolute atomic E-state index is 0.0736. The lowest BCUT2D eigenvalue weighted by Gasteiger charge is -2.12. The van der Waals surface area contributed by atoms with Crippen molar-refractivity contribution in [1.29, 1.82) is 0 Å². The average molecular weight is 249 g/mol. The number of nitrogens with one attached hydrogen (secondary N) is 1. The molecule has 1 aromatic rings. The maximum atomic E-state index is 11.8. The highest BCUT2D eigenvalue weighted by Crippen LogP contribution is 2.14. The van der Waals surface area contributed by atoms with Gasteiger partial charge in [-0.3, -0.25) is 9.59 Å². The van der Waals surface area contributed by atoms with Crippen LogP contribution in [0.25, 0.3) is 0 Å². The van der Waals surface area contributed by atoms with Crippen molar-refractivity contribution in [2.75, 3.05) is 0 Å². The number of amides is 1. The van der Waals surface area contributed by atoms with Crippen LogP contribution in [0.3, 0.4) is 0 Å². The number of benzene rings is 1. The molecule has 0 heterocycles. The summed E-state index contributed by atoms with van der Waals surface area (Å²) in [6.07, 6.45) is -0.0736. The Morgan fingerprint density at radius 2 is 1.72 bits per heavy atom. The van der Waals surface area contributed by atoms with E-state index < -0.39 is 5.97 Å². The van der Waals surface area contributed by atoms with E-state index in [1.165, 1.54) is 5.56 Å². The molecule has 1 amide bonds. The van der Waals surface area contributed by atoms with Crippen molar-refractivity contribution >= 4 is 11.9 Å². The molecule has 0 bridgehead atoms. The van der Waals surface area contributed by atoms with Crippen molar-refractivity contribution in [2.45, 2.75) is 39.2 Å². The topological polar surface area (TPSA) is 66.4 Å².